The highest BCUT2D eigenvalue weighted by Crippen LogP contribution is 2.15. The Bertz CT molecular complexity index is 369. The lowest BCUT2D eigenvalue weighted by atomic mass is 10.1. The number of hydrogen-bond acceptors (Lipinski definition) is 4. The van der Waals surface area contributed by atoms with Gasteiger partial charge in [0.25, 0.3) is 0 Å². The SMILES string of the molecule is CCCS(=O)(=O)N1CCCC(NC(=O)OCC)C1. The van der Waals surface area contributed by atoms with Crippen LogP contribution in [0.2, 0.25) is 0 Å². The van der Waals surface area contributed by atoms with Crippen LogP contribution in [0.25, 0.3) is 0 Å². The molecule has 1 rings (SSSR count). The van der Waals surface area contributed by atoms with E-state index >= 15 is 0 Å². The van der Waals surface area contributed by atoms with E-state index in [1.165, 1.54) is 4.31 Å². The van der Waals surface area contributed by atoms with Gasteiger partial charge in [0.05, 0.1) is 12.4 Å². The summed E-state index contributed by atoms with van der Waals surface area (Å²) in [5.41, 5.74) is 0. The molecule has 1 unspecified atom stereocenters. The zero-order chi connectivity index (χ0) is 13.6. The molecule has 106 valence electrons. The maximum Gasteiger partial charge on any atom is 0.407 e. The molecule has 1 N–H and O–H groups in total. The summed E-state index contributed by atoms with van der Waals surface area (Å²) < 4.78 is 30.1. The summed E-state index contributed by atoms with van der Waals surface area (Å²) in [6, 6.07) is -0.149. The zero-order valence-electron chi connectivity index (χ0n) is 11.0. The lowest BCUT2D eigenvalue weighted by Crippen LogP contribution is -2.50. The van der Waals surface area contributed by atoms with E-state index < -0.39 is 16.1 Å². The van der Waals surface area contributed by atoms with E-state index in [1.54, 1.807) is 6.92 Å². The second-order valence-corrected chi connectivity index (χ2v) is 6.47. The van der Waals surface area contributed by atoms with Crippen molar-refractivity contribution in [3.05, 3.63) is 0 Å². The minimum absolute atomic E-state index is 0.149. The topological polar surface area (TPSA) is 75.7 Å². The Hall–Kier alpha value is -0.820. The van der Waals surface area contributed by atoms with Crippen molar-refractivity contribution in [2.75, 3.05) is 25.4 Å². The zero-order valence-corrected chi connectivity index (χ0v) is 11.8. The third-order valence-corrected chi connectivity index (χ3v) is 4.88. The maximum atomic E-state index is 11.9. The van der Waals surface area contributed by atoms with E-state index in [1.807, 2.05) is 6.92 Å². The van der Waals surface area contributed by atoms with Crippen molar-refractivity contribution in [2.24, 2.45) is 0 Å². The summed E-state index contributed by atoms with van der Waals surface area (Å²) >= 11 is 0. The predicted molar refractivity (Wildman–Crippen MR) is 68.8 cm³/mol. The van der Waals surface area contributed by atoms with Crippen LogP contribution in [0.1, 0.15) is 33.1 Å². The van der Waals surface area contributed by atoms with Gasteiger partial charge in [0.15, 0.2) is 0 Å². The number of piperidine rings is 1. The van der Waals surface area contributed by atoms with Crippen molar-refractivity contribution in [2.45, 2.75) is 39.2 Å². The van der Waals surface area contributed by atoms with Crippen molar-refractivity contribution in [3.63, 3.8) is 0 Å². The van der Waals surface area contributed by atoms with Crippen molar-refractivity contribution in [3.8, 4) is 0 Å². The second kappa shape index (κ2) is 6.94. The highest BCUT2D eigenvalue weighted by molar-refractivity contribution is 7.89. The van der Waals surface area contributed by atoms with Gasteiger partial charge in [-0.05, 0) is 26.2 Å². The lowest BCUT2D eigenvalue weighted by molar-refractivity contribution is 0.142. The Morgan fingerprint density at radius 2 is 2.17 bits per heavy atom. The second-order valence-electron chi connectivity index (χ2n) is 4.38. The van der Waals surface area contributed by atoms with E-state index in [-0.39, 0.29) is 11.8 Å². The van der Waals surface area contributed by atoms with E-state index in [0.717, 1.165) is 12.8 Å². The van der Waals surface area contributed by atoms with Gasteiger partial charge in [-0.2, -0.15) is 4.31 Å². The van der Waals surface area contributed by atoms with Crippen LogP contribution < -0.4 is 5.32 Å². The summed E-state index contributed by atoms with van der Waals surface area (Å²) in [6.45, 7) is 4.79. The first-order valence-corrected chi connectivity index (χ1v) is 8.01. The monoisotopic (exact) mass is 278 g/mol. The normalized spacial score (nSPS) is 21.6. The van der Waals surface area contributed by atoms with Crippen molar-refractivity contribution < 1.29 is 17.9 Å². The van der Waals surface area contributed by atoms with Crippen molar-refractivity contribution >= 4 is 16.1 Å². The molecule has 0 aromatic heterocycles. The minimum Gasteiger partial charge on any atom is -0.450 e. The number of amides is 1. The minimum atomic E-state index is -3.17. The number of rotatable bonds is 5. The van der Waals surface area contributed by atoms with E-state index in [9.17, 15) is 13.2 Å². The number of nitrogens with zero attached hydrogens (tertiary/aromatic N) is 1. The van der Waals surface area contributed by atoms with Gasteiger partial charge in [0, 0.05) is 19.1 Å². The number of nitrogens with one attached hydrogen (secondary N) is 1. The molecular formula is C11H22N2O4S. The van der Waals surface area contributed by atoms with Crippen LogP contribution in [0.3, 0.4) is 0 Å². The van der Waals surface area contributed by atoms with Gasteiger partial charge >= 0.3 is 6.09 Å². The standard InChI is InChI=1S/C11H22N2O4S/c1-3-8-18(15,16)13-7-5-6-10(9-13)12-11(14)17-4-2/h10H,3-9H2,1-2H3,(H,12,14). The smallest absolute Gasteiger partial charge is 0.407 e. The number of alkyl carbamates (subject to hydrolysis) is 1. The highest BCUT2D eigenvalue weighted by Gasteiger charge is 2.29. The van der Waals surface area contributed by atoms with Gasteiger partial charge in [-0.15, -0.1) is 0 Å². The number of sulfonamides is 1. The molecule has 1 atom stereocenters. The molecule has 1 aliphatic heterocycles. The third kappa shape index (κ3) is 4.45. The van der Waals surface area contributed by atoms with Gasteiger partial charge in [-0.25, -0.2) is 13.2 Å². The third-order valence-electron chi connectivity index (χ3n) is 2.84. The van der Waals surface area contributed by atoms with Crippen LogP contribution in [0, 0.1) is 0 Å². The van der Waals surface area contributed by atoms with Crippen LogP contribution in [-0.4, -0.2) is 50.3 Å². The molecule has 0 radical (unpaired) electrons. The van der Waals surface area contributed by atoms with Gasteiger partial charge in [-0.1, -0.05) is 6.92 Å². The summed E-state index contributed by atoms with van der Waals surface area (Å²) in [5.74, 6) is 0.166. The Morgan fingerprint density at radius 3 is 2.78 bits per heavy atom. The molecule has 0 aromatic carbocycles. The van der Waals surface area contributed by atoms with Crippen molar-refractivity contribution in [1.29, 1.82) is 0 Å². The Balaban J connectivity index is 2.53. The quantitative estimate of drug-likeness (QED) is 0.812. The van der Waals surface area contributed by atoms with E-state index in [4.69, 9.17) is 4.74 Å². The number of hydrogen-bond donors (Lipinski definition) is 1. The number of carbonyl (C=O) groups excluding carboxylic acids is 1. The van der Waals surface area contributed by atoms with Gasteiger partial charge in [0.2, 0.25) is 10.0 Å². The average Bonchev–Trinajstić information content (AvgIpc) is 2.29. The molecule has 0 spiro atoms. The first-order valence-electron chi connectivity index (χ1n) is 6.40. The van der Waals surface area contributed by atoms with Crippen LogP contribution >= 0.6 is 0 Å². The van der Waals surface area contributed by atoms with Crippen LogP contribution in [0.15, 0.2) is 0 Å². The molecule has 7 heteroatoms. The van der Waals surface area contributed by atoms with Gasteiger partial charge < -0.3 is 10.1 Å². The molecule has 6 nitrogen and oxygen atoms in total. The first kappa shape index (κ1) is 15.2. The molecule has 1 aliphatic rings. The number of carbonyl (C=O) groups is 1. The summed E-state index contributed by atoms with van der Waals surface area (Å²) in [7, 11) is -3.17. The lowest BCUT2D eigenvalue weighted by Gasteiger charge is -2.32. The maximum absolute atomic E-state index is 11.9. The first-order chi connectivity index (χ1) is 8.49. The Morgan fingerprint density at radius 1 is 1.44 bits per heavy atom. The molecule has 1 saturated heterocycles. The summed E-state index contributed by atoms with van der Waals surface area (Å²) in [4.78, 5) is 11.3. The summed E-state index contributed by atoms with van der Waals surface area (Å²) in [6.07, 6.45) is 1.68. The van der Waals surface area contributed by atoms with E-state index in [0.29, 0.717) is 26.1 Å². The van der Waals surface area contributed by atoms with Crippen LogP contribution in [0.5, 0.6) is 0 Å². The highest BCUT2D eigenvalue weighted by atomic mass is 32.2. The molecule has 18 heavy (non-hydrogen) atoms. The van der Waals surface area contributed by atoms with E-state index in [2.05, 4.69) is 5.32 Å². The number of ether oxygens (including phenoxy) is 1. The fraction of sp³-hybridized carbons (Fsp3) is 0.909. The molecule has 1 amide bonds. The fourth-order valence-corrected chi connectivity index (χ4v) is 3.63. The van der Waals surface area contributed by atoms with Crippen LogP contribution in [0.4, 0.5) is 4.79 Å². The molecule has 1 heterocycles. The van der Waals surface area contributed by atoms with Crippen molar-refractivity contribution in [1.82, 2.24) is 9.62 Å². The molecule has 1 fully saturated rings. The largest absolute Gasteiger partial charge is 0.450 e. The van der Waals surface area contributed by atoms with Crippen LogP contribution in [-0.2, 0) is 14.8 Å². The average molecular weight is 278 g/mol. The molecule has 0 saturated carbocycles. The molecular weight excluding hydrogens is 256 g/mol. The molecule has 0 aliphatic carbocycles. The van der Waals surface area contributed by atoms with Gasteiger partial charge in [0.1, 0.15) is 0 Å². The molecule has 0 aromatic rings. The Kier molecular flexibility index (Phi) is 5.87. The molecule has 0 bridgehead atoms. The predicted octanol–water partition coefficient (Wildman–Crippen LogP) is 0.937. The summed E-state index contributed by atoms with van der Waals surface area (Å²) in [5, 5.41) is 2.70. The fourth-order valence-electron chi connectivity index (χ4n) is 2.04. The van der Waals surface area contributed by atoms with Gasteiger partial charge in [-0.3, -0.25) is 0 Å². The Labute approximate surface area is 109 Å².